The summed E-state index contributed by atoms with van der Waals surface area (Å²) in [5, 5.41) is 2.92. The first-order valence-corrected chi connectivity index (χ1v) is 8.71. The van der Waals surface area contributed by atoms with E-state index in [1.54, 1.807) is 4.90 Å². The molecule has 0 aliphatic rings. The van der Waals surface area contributed by atoms with Gasteiger partial charge in [-0.3, -0.25) is 9.59 Å². The molecule has 1 aromatic rings. The molecule has 134 valence electrons. The van der Waals surface area contributed by atoms with Gasteiger partial charge in [-0.05, 0) is 51.0 Å². The lowest BCUT2D eigenvalue weighted by atomic mass is 10.0. The number of benzene rings is 1. The van der Waals surface area contributed by atoms with Crippen LogP contribution in [0.4, 0.5) is 5.69 Å². The summed E-state index contributed by atoms with van der Waals surface area (Å²) in [6.45, 7) is 10.4. The molecular weight excluding hydrogens is 304 g/mol. The topological polar surface area (TPSA) is 58.6 Å². The molecule has 0 aliphatic heterocycles. The number of carbonyl (C=O) groups excluding carboxylic acids is 2. The summed E-state index contributed by atoms with van der Waals surface area (Å²) < 4.78 is 5.61. The highest BCUT2D eigenvalue weighted by Gasteiger charge is 2.15. The third-order valence-corrected chi connectivity index (χ3v) is 3.89. The maximum Gasteiger partial charge on any atom is 0.223 e. The highest BCUT2D eigenvalue weighted by Crippen LogP contribution is 2.20. The Morgan fingerprint density at radius 3 is 2.17 bits per heavy atom. The molecule has 0 fully saturated rings. The molecule has 0 aliphatic carbocycles. The lowest BCUT2D eigenvalue weighted by Crippen LogP contribution is -2.39. The quantitative estimate of drug-likeness (QED) is 0.753. The fourth-order valence-corrected chi connectivity index (χ4v) is 2.54. The van der Waals surface area contributed by atoms with Crippen molar-refractivity contribution in [2.75, 3.05) is 18.0 Å². The van der Waals surface area contributed by atoms with Crippen molar-refractivity contribution in [1.29, 1.82) is 0 Å². The fraction of sp³-hybridized carbons (Fsp3) is 0.579. The molecule has 5 heteroatoms. The van der Waals surface area contributed by atoms with Gasteiger partial charge in [0.1, 0.15) is 5.75 Å². The molecule has 0 spiro atoms. The number of anilines is 1. The molecule has 5 nitrogen and oxygen atoms in total. The molecule has 0 radical (unpaired) electrons. The van der Waals surface area contributed by atoms with Crippen LogP contribution >= 0.6 is 0 Å². The summed E-state index contributed by atoms with van der Waals surface area (Å²) in [5.74, 6) is 0.830. The second-order valence-electron chi connectivity index (χ2n) is 6.14. The summed E-state index contributed by atoms with van der Waals surface area (Å²) in [7, 11) is 0. The Labute approximate surface area is 145 Å². The van der Waals surface area contributed by atoms with Gasteiger partial charge in [-0.2, -0.15) is 0 Å². The van der Waals surface area contributed by atoms with Crippen LogP contribution in [-0.4, -0.2) is 31.0 Å². The Morgan fingerprint density at radius 1 is 1.12 bits per heavy atom. The smallest absolute Gasteiger partial charge is 0.223 e. The van der Waals surface area contributed by atoms with Crippen LogP contribution in [0.5, 0.6) is 5.75 Å². The molecule has 0 atom stereocenters. The first-order chi connectivity index (χ1) is 11.4. The molecule has 0 heterocycles. The van der Waals surface area contributed by atoms with Crippen molar-refractivity contribution < 1.29 is 14.3 Å². The normalized spacial score (nSPS) is 10.8. The monoisotopic (exact) mass is 334 g/mol. The van der Waals surface area contributed by atoms with Crippen molar-refractivity contribution in [2.24, 2.45) is 5.92 Å². The molecule has 1 N–H and O–H groups in total. The molecule has 1 rings (SSSR count). The Kier molecular flexibility index (Phi) is 8.30. The van der Waals surface area contributed by atoms with Gasteiger partial charge < -0.3 is 15.0 Å². The van der Waals surface area contributed by atoms with Gasteiger partial charge in [-0.1, -0.05) is 13.8 Å². The second kappa shape index (κ2) is 9.96. The van der Waals surface area contributed by atoms with Gasteiger partial charge in [0, 0.05) is 31.6 Å². The molecule has 0 saturated heterocycles. The van der Waals surface area contributed by atoms with Crippen molar-refractivity contribution in [3.05, 3.63) is 24.3 Å². The Hall–Kier alpha value is -2.04. The zero-order valence-electron chi connectivity index (χ0n) is 15.5. The van der Waals surface area contributed by atoms with E-state index in [4.69, 9.17) is 4.74 Å². The first-order valence-electron chi connectivity index (χ1n) is 8.71. The van der Waals surface area contributed by atoms with Crippen LogP contribution in [0.3, 0.4) is 0 Å². The van der Waals surface area contributed by atoms with E-state index in [0.29, 0.717) is 13.1 Å². The largest absolute Gasteiger partial charge is 0.491 e. The molecule has 1 aromatic carbocycles. The molecule has 2 amide bonds. The summed E-state index contributed by atoms with van der Waals surface area (Å²) in [4.78, 5) is 25.6. The van der Waals surface area contributed by atoms with Crippen LogP contribution < -0.4 is 15.0 Å². The lowest BCUT2D eigenvalue weighted by molar-refractivity contribution is -0.125. The van der Waals surface area contributed by atoms with Gasteiger partial charge in [-0.25, -0.2) is 0 Å². The van der Waals surface area contributed by atoms with E-state index in [-0.39, 0.29) is 23.8 Å². The average Bonchev–Trinajstić information content (AvgIpc) is 2.53. The number of rotatable bonds is 9. The molecule has 0 aromatic heterocycles. The number of nitrogens with zero attached hydrogens (tertiary/aromatic N) is 1. The van der Waals surface area contributed by atoms with Gasteiger partial charge in [0.25, 0.3) is 0 Å². The number of amides is 2. The minimum atomic E-state index is -0.0516. The van der Waals surface area contributed by atoms with Gasteiger partial charge in [-0.15, -0.1) is 0 Å². The highest BCUT2D eigenvalue weighted by molar-refractivity contribution is 5.91. The number of hydrogen-bond acceptors (Lipinski definition) is 3. The number of nitrogens with one attached hydrogen (secondary N) is 1. The zero-order chi connectivity index (χ0) is 18.1. The van der Waals surface area contributed by atoms with Crippen LogP contribution in [0.2, 0.25) is 0 Å². The third kappa shape index (κ3) is 6.22. The van der Waals surface area contributed by atoms with Crippen molar-refractivity contribution in [2.45, 2.75) is 53.6 Å². The van der Waals surface area contributed by atoms with Crippen molar-refractivity contribution in [3.8, 4) is 5.75 Å². The van der Waals surface area contributed by atoms with E-state index < -0.39 is 0 Å². The van der Waals surface area contributed by atoms with E-state index >= 15 is 0 Å². The Bertz CT molecular complexity index is 522. The number of carbonyl (C=O) groups is 2. The molecule has 24 heavy (non-hydrogen) atoms. The number of hydrogen-bond donors (Lipinski definition) is 1. The minimum Gasteiger partial charge on any atom is -0.491 e. The molecule has 0 bridgehead atoms. The van der Waals surface area contributed by atoms with Crippen LogP contribution in [0.25, 0.3) is 0 Å². The van der Waals surface area contributed by atoms with Crippen molar-refractivity contribution in [1.82, 2.24) is 5.32 Å². The summed E-state index contributed by atoms with van der Waals surface area (Å²) >= 11 is 0. The maximum absolute atomic E-state index is 12.0. The van der Waals surface area contributed by atoms with Gasteiger partial charge in [0.15, 0.2) is 0 Å². The third-order valence-electron chi connectivity index (χ3n) is 3.89. The molecular formula is C19H30N2O3. The second-order valence-corrected chi connectivity index (χ2v) is 6.14. The summed E-state index contributed by atoms with van der Waals surface area (Å²) in [6.07, 6.45) is 1.77. The summed E-state index contributed by atoms with van der Waals surface area (Å²) in [5.41, 5.74) is 0.801. The van der Waals surface area contributed by atoms with E-state index in [1.807, 2.05) is 52.0 Å². The maximum atomic E-state index is 12.0. The number of ether oxygens (including phenoxy) is 1. The van der Waals surface area contributed by atoms with Gasteiger partial charge >= 0.3 is 0 Å². The van der Waals surface area contributed by atoms with Crippen molar-refractivity contribution in [3.63, 3.8) is 0 Å². The van der Waals surface area contributed by atoms with Gasteiger partial charge in [0.2, 0.25) is 11.8 Å². The minimum absolute atomic E-state index is 0.0447. The van der Waals surface area contributed by atoms with Crippen LogP contribution in [0.15, 0.2) is 24.3 Å². The lowest BCUT2D eigenvalue weighted by Gasteiger charge is -2.22. The van der Waals surface area contributed by atoms with E-state index in [9.17, 15) is 9.59 Å². The van der Waals surface area contributed by atoms with Crippen LogP contribution in [-0.2, 0) is 9.59 Å². The molecule has 0 saturated carbocycles. The average molecular weight is 334 g/mol. The standard InChI is InChI=1S/C19H30N2O3/c1-6-16(7-2)19(23)20-12-13-21(15(5)22)17-8-10-18(11-9-17)24-14(3)4/h8-11,14,16H,6-7,12-13H2,1-5H3,(H,20,23). The fourth-order valence-electron chi connectivity index (χ4n) is 2.54. The predicted octanol–water partition coefficient (Wildman–Crippen LogP) is 3.38. The van der Waals surface area contributed by atoms with Gasteiger partial charge in [0.05, 0.1) is 6.10 Å². The predicted molar refractivity (Wildman–Crippen MR) is 97.3 cm³/mol. The van der Waals surface area contributed by atoms with Crippen LogP contribution in [0, 0.1) is 5.92 Å². The SMILES string of the molecule is CCC(CC)C(=O)NCCN(C(C)=O)c1ccc(OC(C)C)cc1. The van der Waals surface area contributed by atoms with Crippen molar-refractivity contribution >= 4 is 17.5 Å². The molecule has 0 unspecified atom stereocenters. The van der Waals surface area contributed by atoms with E-state index in [2.05, 4.69) is 5.32 Å². The Balaban J connectivity index is 2.64. The first kappa shape index (κ1) is 20.0. The summed E-state index contributed by atoms with van der Waals surface area (Å²) in [6, 6.07) is 7.44. The highest BCUT2D eigenvalue weighted by atomic mass is 16.5. The Morgan fingerprint density at radius 2 is 1.71 bits per heavy atom. The van der Waals surface area contributed by atoms with E-state index in [0.717, 1.165) is 24.3 Å². The zero-order valence-corrected chi connectivity index (χ0v) is 15.5. The van der Waals surface area contributed by atoms with E-state index in [1.165, 1.54) is 6.92 Å². The van der Waals surface area contributed by atoms with Crippen LogP contribution in [0.1, 0.15) is 47.5 Å².